The first-order valence-corrected chi connectivity index (χ1v) is 8.73. The van der Waals surface area contributed by atoms with E-state index >= 15 is 0 Å². The van der Waals surface area contributed by atoms with Crippen molar-refractivity contribution in [1.29, 1.82) is 0 Å². The van der Waals surface area contributed by atoms with Gasteiger partial charge in [-0.25, -0.2) is 9.97 Å². The number of anilines is 1. The Morgan fingerprint density at radius 2 is 2.00 bits per heavy atom. The molecule has 2 heterocycles. The Morgan fingerprint density at radius 3 is 2.64 bits per heavy atom. The van der Waals surface area contributed by atoms with E-state index in [1.165, 1.54) is 25.6 Å². The highest BCUT2D eigenvalue weighted by Gasteiger charge is 2.34. The molecule has 1 unspecified atom stereocenters. The molecule has 0 radical (unpaired) electrons. The zero-order valence-corrected chi connectivity index (χ0v) is 15.5. The molecular weight excluding hydrogens is 375 g/mol. The Balaban J connectivity index is 1.66. The SMILES string of the molecule is COC(=O)C1CCN(c2ncc(OCc3c(C)cccc3C(F)(F)F)cn2)C1. The van der Waals surface area contributed by atoms with Crippen molar-refractivity contribution in [2.75, 3.05) is 25.1 Å². The van der Waals surface area contributed by atoms with Crippen LogP contribution in [0.15, 0.2) is 30.6 Å². The summed E-state index contributed by atoms with van der Waals surface area (Å²) < 4.78 is 49.8. The molecule has 1 aromatic carbocycles. The molecule has 1 atom stereocenters. The number of ether oxygens (including phenoxy) is 2. The summed E-state index contributed by atoms with van der Waals surface area (Å²) >= 11 is 0. The van der Waals surface area contributed by atoms with Crippen molar-refractivity contribution in [3.8, 4) is 5.75 Å². The fraction of sp³-hybridized carbons (Fsp3) is 0.421. The van der Waals surface area contributed by atoms with E-state index in [1.807, 2.05) is 4.90 Å². The molecule has 28 heavy (non-hydrogen) atoms. The van der Waals surface area contributed by atoms with E-state index in [-0.39, 0.29) is 29.8 Å². The van der Waals surface area contributed by atoms with Crippen LogP contribution in [0.5, 0.6) is 5.75 Å². The lowest BCUT2D eigenvalue weighted by molar-refractivity contribution is -0.144. The van der Waals surface area contributed by atoms with Crippen LogP contribution in [0.2, 0.25) is 0 Å². The summed E-state index contributed by atoms with van der Waals surface area (Å²) in [5.41, 5.74) is -0.131. The third-order valence-electron chi connectivity index (χ3n) is 4.72. The largest absolute Gasteiger partial charge is 0.486 e. The van der Waals surface area contributed by atoms with E-state index in [1.54, 1.807) is 13.0 Å². The van der Waals surface area contributed by atoms with Crippen molar-refractivity contribution in [1.82, 2.24) is 9.97 Å². The number of hydrogen-bond acceptors (Lipinski definition) is 6. The van der Waals surface area contributed by atoms with Crippen molar-refractivity contribution < 1.29 is 27.4 Å². The third-order valence-corrected chi connectivity index (χ3v) is 4.72. The molecule has 6 nitrogen and oxygen atoms in total. The van der Waals surface area contributed by atoms with Crippen molar-refractivity contribution in [3.63, 3.8) is 0 Å². The molecule has 1 fully saturated rings. The maximum Gasteiger partial charge on any atom is 0.416 e. The zero-order valence-electron chi connectivity index (χ0n) is 15.5. The Bertz CT molecular complexity index is 841. The average Bonchev–Trinajstić information content (AvgIpc) is 3.16. The zero-order chi connectivity index (χ0) is 20.3. The lowest BCUT2D eigenvalue weighted by Crippen LogP contribution is -2.25. The first-order valence-electron chi connectivity index (χ1n) is 8.73. The van der Waals surface area contributed by atoms with Gasteiger partial charge in [-0.2, -0.15) is 13.2 Å². The minimum absolute atomic E-state index is 0.0829. The van der Waals surface area contributed by atoms with Crippen molar-refractivity contribution >= 4 is 11.9 Å². The highest BCUT2D eigenvalue weighted by molar-refractivity contribution is 5.73. The molecule has 0 saturated carbocycles. The van der Waals surface area contributed by atoms with Gasteiger partial charge in [0, 0.05) is 18.7 Å². The fourth-order valence-corrected chi connectivity index (χ4v) is 3.16. The number of nitrogens with zero attached hydrogens (tertiary/aromatic N) is 3. The monoisotopic (exact) mass is 395 g/mol. The fourth-order valence-electron chi connectivity index (χ4n) is 3.16. The van der Waals surface area contributed by atoms with E-state index in [0.29, 0.717) is 31.0 Å². The van der Waals surface area contributed by atoms with E-state index in [9.17, 15) is 18.0 Å². The van der Waals surface area contributed by atoms with Crippen LogP contribution in [-0.4, -0.2) is 36.1 Å². The minimum Gasteiger partial charge on any atom is -0.486 e. The van der Waals surface area contributed by atoms with Gasteiger partial charge in [-0.15, -0.1) is 0 Å². The van der Waals surface area contributed by atoms with Crippen LogP contribution in [0.1, 0.15) is 23.1 Å². The Kier molecular flexibility index (Phi) is 5.71. The molecule has 1 saturated heterocycles. The predicted octanol–water partition coefficient (Wildman–Crippen LogP) is 3.38. The van der Waals surface area contributed by atoms with Gasteiger partial charge in [0.05, 0.1) is 31.0 Å². The lowest BCUT2D eigenvalue weighted by atomic mass is 10.0. The van der Waals surface area contributed by atoms with E-state index in [2.05, 4.69) is 9.97 Å². The van der Waals surface area contributed by atoms with Gasteiger partial charge >= 0.3 is 12.1 Å². The summed E-state index contributed by atoms with van der Waals surface area (Å²) in [7, 11) is 1.35. The lowest BCUT2D eigenvalue weighted by Gasteiger charge is -2.17. The highest BCUT2D eigenvalue weighted by Crippen LogP contribution is 2.33. The van der Waals surface area contributed by atoms with Gasteiger partial charge in [0.2, 0.25) is 5.95 Å². The van der Waals surface area contributed by atoms with E-state index in [0.717, 1.165) is 6.07 Å². The van der Waals surface area contributed by atoms with Crippen LogP contribution >= 0.6 is 0 Å². The van der Waals surface area contributed by atoms with Gasteiger partial charge < -0.3 is 14.4 Å². The van der Waals surface area contributed by atoms with Crippen LogP contribution in [0.25, 0.3) is 0 Å². The summed E-state index contributed by atoms with van der Waals surface area (Å²) in [5.74, 6) is 0.224. The molecule has 0 spiro atoms. The number of carbonyl (C=O) groups excluding carboxylic acids is 1. The summed E-state index contributed by atoms with van der Waals surface area (Å²) in [6.07, 6.45) is -0.961. The van der Waals surface area contributed by atoms with E-state index < -0.39 is 11.7 Å². The van der Waals surface area contributed by atoms with Gasteiger partial charge in [0.1, 0.15) is 6.61 Å². The van der Waals surface area contributed by atoms with Gasteiger partial charge in [0.15, 0.2) is 5.75 Å². The number of aromatic nitrogens is 2. The Morgan fingerprint density at radius 1 is 1.29 bits per heavy atom. The van der Waals surface area contributed by atoms with Crippen LogP contribution in [0, 0.1) is 12.8 Å². The number of halogens is 3. The molecule has 3 rings (SSSR count). The summed E-state index contributed by atoms with van der Waals surface area (Å²) in [6, 6.07) is 4.02. The first kappa shape index (κ1) is 19.9. The summed E-state index contributed by atoms with van der Waals surface area (Å²) in [4.78, 5) is 21.9. The molecule has 0 N–H and O–H groups in total. The first-order chi connectivity index (χ1) is 13.3. The highest BCUT2D eigenvalue weighted by atomic mass is 19.4. The average molecular weight is 395 g/mol. The molecule has 0 amide bonds. The second-order valence-electron chi connectivity index (χ2n) is 6.56. The number of alkyl halides is 3. The minimum atomic E-state index is -4.45. The van der Waals surface area contributed by atoms with Crippen LogP contribution in [-0.2, 0) is 22.3 Å². The quantitative estimate of drug-likeness (QED) is 0.724. The molecule has 2 aromatic rings. The van der Waals surface area contributed by atoms with Crippen molar-refractivity contribution in [2.45, 2.75) is 26.1 Å². The topological polar surface area (TPSA) is 64.5 Å². The number of rotatable bonds is 5. The number of esters is 1. The second kappa shape index (κ2) is 8.04. The predicted molar refractivity (Wildman–Crippen MR) is 94.9 cm³/mol. The number of methoxy groups -OCH3 is 1. The number of hydrogen-bond donors (Lipinski definition) is 0. The number of benzene rings is 1. The normalized spacial score (nSPS) is 16.9. The van der Waals surface area contributed by atoms with Gasteiger partial charge in [-0.3, -0.25) is 4.79 Å². The van der Waals surface area contributed by atoms with Crippen molar-refractivity contribution in [2.24, 2.45) is 5.92 Å². The number of aryl methyl sites for hydroxylation is 1. The molecule has 1 aliphatic heterocycles. The van der Waals surface area contributed by atoms with Gasteiger partial charge in [-0.05, 0) is 25.0 Å². The maximum atomic E-state index is 13.2. The van der Waals surface area contributed by atoms with Gasteiger partial charge in [0.25, 0.3) is 0 Å². The van der Waals surface area contributed by atoms with E-state index in [4.69, 9.17) is 9.47 Å². The molecule has 9 heteroatoms. The summed E-state index contributed by atoms with van der Waals surface area (Å²) in [5, 5.41) is 0. The second-order valence-corrected chi connectivity index (χ2v) is 6.56. The number of carbonyl (C=O) groups is 1. The van der Waals surface area contributed by atoms with Crippen LogP contribution < -0.4 is 9.64 Å². The standard InChI is InChI=1S/C19H20F3N3O3/c1-12-4-3-5-16(19(20,21)22)15(12)11-28-14-8-23-18(24-9-14)25-7-6-13(10-25)17(26)27-2/h3-5,8-9,13H,6-7,10-11H2,1-2H3. The Hall–Kier alpha value is -2.84. The molecule has 150 valence electrons. The van der Waals surface area contributed by atoms with Gasteiger partial charge in [-0.1, -0.05) is 12.1 Å². The van der Waals surface area contributed by atoms with Crippen LogP contribution in [0.3, 0.4) is 0 Å². The molecule has 0 bridgehead atoms. The molecule has 1 aromatic heterocycles. The maximum absolute atomic E-state index is 13.2. The van der Waals surface area contributed by atoms with Crippen molar-refractivity contribution in [3.05, 3.63) is 47.3 Å². The molecule has 1 aliphatic rings. The molecule has 0 aliphatic carbocycles. The smallest absolute Gasteiger partial charge is 0.416 e. The Labute approximate surface area is 160 Å². The molecular formula is C19H20F3N3O3. The third kappa shape index (κ3) is 4.35. The van der Waals surface area contributed by atoms with Crippen LogP contribution in [0.4, 0.5) is 19.1 Å². The summed E-state index contributed by atoms with van der Waals surface area (Å²) in [6.45, 7) is 2.46.